The molecular weight excluding hydrogens is 390 g/mol. The topological polar surface area (TPSA) is 74.3 Å². The summed E-state index contributed by atoms with van der Waals surface area (Å²) in [5.41, 5.74) is -0.685. The van der Waals surface area contributed by atoms with Gasteiger partial charge in [-0.1, -0.05) is 20.8 Å². The number of ether oxygens (including phenoxy) is 3. The summed E-state index contributed by atoms with van der Waals surface area (Å²) >= 11 is 0. The standard InChI is InChI=1S/C21H39NO6Si/c1-19(2,3)27-18(24)22-14(11-12-16(22)23)17(15-13-25-21(7,8)26-15)28-29(9,10)20(4,5)6/h14-15,17H,11-13H2,1-10H3/t14-,15-,17+/m0/s1. The minimum absolute atomic E-state index is 0.0282. The van der Waals surface area contributed by atoms with Gasteiger partial charge in [-0.3, -0.25) is 4.79 Å². The molecule has 2 rings (SSSR count). The van der Waals surface area contributed by atoms with E-state index in [2.05, 4.69) is 33.9 Å². The molecule has 2 saturated heterocycles. The van der Waals surface area contributed by atoms with E-state index >= 15 is 0 Å². The molecule has 0 saturated carbocycles. The molecular formula is C21H39NO6Si. The van der Waals surface area contributed by atoms with Crippen LogP contribution in [-0.4, -0.2) is 61.5 Å². The first-order valence-corrected chi connectivity index (χ1v) is 13.4. The summed E-state index contributed by atoms with van der Waals surface area (Å²) < 4.78 is 24.2. The Morgan fingerprint density at radius 3 is 2.24 bits per heavy atom. The van der Waals surface area contributed by atoms with Gasteiger partial charge in [-0.25, -0.2) is 9.69 Å². The highest BCUT2D eigenvalue weighted by Crippen LogP contribution is 2.41. The first-order valence-electron chi connectivity index (χ1n) is 10.5. The zero-order chi connectivity index (χ0) is 22.4. The third kappa shape index (κ3) is 5.80. The third-order valence-corrected chi connectivity index (χ3v) is 10.3. The SMILES string of the molecule is CC(C)(C)OC(=O)N1C(=O)CC[C@H]1[C@@H](O[Si](C)(C)C(C)(C)C)[C@@H]1COC(C)(C)O1. The molecule has 29 heavy (non-hydrogen) atoms. The molecule has 0 aliphatic carbocycles. The average Bonchev–Trinajstić information content (AvgIpc) is 3.04. The van der Waals surface area contributed by atoms with Crippen LogP contribution in [0.4, 0.5) is 4.79 Å². The molecule has 0 N–H and O–H groups in total. The van der Waals surface area contributed by atoms with Gasteiger partial charge in [0.15, 0.2) is 14.1 Å². The maximum absolute atomic E-state index is 12.9. The molecule has 8 heteroatoms. The Kier molecular flexibility index (Phi) is 6.66. The Bertz CT molecular complexity index is 634. The van der Waals surface area contributed by atoms with Crippen LogP contribution in [0.15, 0.2) is 0 Å². The first kappa shape index (κ1) is 24.3. The lowest BCUT2D eigenvalue weighted by molar-refractivity contribution is -0.154. The summed E-state index contributed by atoms with van der Waals surface area (Å²) in [5, 5.41) is -0.0282. The van der Waals surface area contributed by atoms with Gasteiger partial charge in [-0.2, -0.15) is 0 Å². The highest BCUT2D eigenvalue weighted by molar-refractivity contribution is 6.74. The molecule has 0 aromatic carbocycles. The van der Waals surface area contributed by atoms with Gasteiger partial charge < -0.3 is 18.6 Å². The summed E-state index contributed by atoms with van der Waals surface area (Å²) in [6, 6.07) is -0.436. The number of amides is 2. The minimum Gasteiger partial charge on any atom is -0.443 e. The van der Waals surface area contributed by atoms with E-state index in [1.165, 1.54) is 4.90 Å². The smallest absolute Gasteiger partial charge is 0.417 e. The van der Waals surface area contributed by atoms with Crippen LogP contribution in [0.1, 0.15) is 68.2 Å². The van der Waals surface area contributed by atoms with Crippen LogP contribution in [0.25, 0.3) is 0 Å². The number of imide groups is 1. The lowest BCUT2D eigenvalue weighted by atomic mass is 10.0. The number of nitrogens with zero attached hydrogens (tertiary/aromatic N) is 1. The molecule has 0 aromatic rings. The number of carbonyl (C=O) groups excluding carboxylic acids is 2. The zero-order valence-corrected chi connectivity index (χ0v) is 20.8. The molecule has 2 fully saturated rings. The van der Waals surface area contributed by atoms with Crippen LogP contribution in [-0.2, 0) is 23.4 Å². The summed E-state index contributed by atoms with van der Waals surface area (Å²) in [5.74, 6) is -0.953. The van der Waals surface area contributed by atoms with E-state index in [9.17, 15) is 9.59 Å². The van der Waals surface area contributed by atoms with Crippen LogP contribution in [0, 0.1) is 0 Å². The van der Waals surface area contributed by atoms with Gasteiger partial charge in [0, 0.05) is 6.42 Å². The summed E-state index contributed by atoms with van der Waals surface area (Å²) in [6.07, 6.45) is -0.626. The van der Waals surface area contributed by atoms with Crippen LogP contribution in [0.3, 0.4) is 0 Å². The van der Waals surface area contributed by atoms with Crippen molar-refractivity contribution in [2.24, 2.45) is 0 Å². The number of hydrogen-bond donors (Lipinski definition) is 0. The Hall–Kier alpha value is -0.963. The molecule has 0 bridgehead atoms. The van der Waals surface area contributed by atoms with E-state index < -0.39 is 37.9 Å². The van der Waals surface area contributed by atoms with Crippen LogP contribution in [0.2, 0.25) is 18.1 Å². The largest absolute Gasteiger partial charge is 0.443 e. The van der Waals surface area contributed by atoms with E-state index in [1.807, 2.05) is 13.8 Å². The fraction of sp³-hybridized carbons (Fsp3) is 0.905. The molecule has 2 heterocycles. The molecule has 0 radical (unpaired) electrons. The molecule has 2 amide bonds. The first-order chi connectivity index (χ1) is 12.9. The van der Waals surface area contributed by atoms with Crippen molar-refractivity contribution in [3.05, 3.63) is 0 Å². The normalized spacial score (nSPS) is 26.7. The van der Waals surface area contributed by atoms with Gasteiger partial charge in [-0.05, 0) is 59.2 Å². The van der Waals surface area contributed by atoms with Crippen molar-refractivity contribution >= 4 is 20.3 Å². The molecule has 0 unspecified atom stereocenters. The highest BCUT2D eigenvalue weighted by atomic mass is 28.4. The van der Waals surface area contributed by atoms with Crippen molar-refractivity contribution in [3.8, 4) is 0 Å². The summed E-state index contributed by atoms with van der Waals surface area (Å²) in [4.78, 5) is 26.7. The Morgan fingerprint density at radius 2 is 1.79 bits per heavy atom. The second kappa shape index (κ2) is 7.94. The highest BCUT2D eigenvalue weighted by Gasteiger charge is 2.52. The summed E-state index contributed by atoms with van der Waals surface area (Å²) in [7, 11) is -2.21. The molecule has 2 aliphatic rings. The van der Waals surface area contributed by atoms with Crippen LogP contribution in [0.5, 0.6) is 0 Å². The number of likely N-dealkylation sites (tertiary alicyclic amines) is 1. The van der Waals surface area contributed by atoms with Gasteiger partial charge in [0.1, 0.15) is 11.7 Å². The molecule has 3 atom stereocenters. The van der Waals surface area contributed by atoms with E-state index in [-0.39, 0.29) is 23.5 Å². The minimum atomic E-state index is -2.21. The van der Waals surface area contributed by atoms with Crippen molar-refractivity contribution in [1.29, 1.82) is 0 Å². The van der Waals surface area contributed by atoms with Crippen molar-refractivity contribution < 1.29 is 28.2 Å². The number of rotatable bonds is 4. The van der Waals surface area contributed by atoms with Crippen molar-refractivity contribution in [3.63, 3.8) is 0 Å². The molecule has 2 aliphatic heterocycles. The Morgan fingerprint density at radius 1 is 1.21 bits per heavy atom. The Balaban J connectivity index is 2.36. The maximum Gasteiger partial charge on any atom is 0.417 e. The second-order valence-corrected chi connectivity index (χ2v) is 15.8. The Labute approximate surface area is 176 Å². The molecule has 0 aromatic heterocycles. The monoisotopic (exact) mass is 429 g/mol. The van der Waals surface area contributed by atoms with Gasteiger partial charge in [0.25, 0.3) is 0 Å². The fourth-order valence-corrected chi connectivity index (χ4v) is 4.70. The van der Waals surface area contributed by atoms with E-state index in [1.54, 1.807) is 20.8 Å². The van der Waals surface area contributed by atoms with Crippen molar-refractivity contribution in [2.75, 3.05) is 6.61 Å². The molecule has 7 nitrogen and oxygen atoms in total. The molecule has 0 spiro atoms. The van der Waals surface area contributed by atoms with Crippen LogP contribution >= 0.6 is 0 Å². The predicted octanol–water partition coefficient (Wildman–Crippen LogP) is 4.45. The van der Waals surface area contributed by atoms with E-state index in [4.69, 9.17) is 18.6 Å². The molecule has 168 valence electrons. The second-order valence-electron chi connectivity index (χ2n) is 11.1. The lowest BCUT2D eigenvalue weighted by Gasteiger charge is -2.43. The number of hydrogen-bond acceptors (Lipinski definition) is 6. The average molecular weight is 430 g/mol. The van der Waals surface area contributed by atoms with E-state index in [0.717, 1.165) is 0 Å². The van der Waals surface area contributed by atoms with Gasteiger partial charge in [0.05, 0.1) is 18.8 Å². The quantitative estimate of drug-likeness (QED) is 0.615. The lowest BCUT2D eigenvalue weighted by Crippen LogP contribution is -2.57. The van der Waals surface area contributed by atoms with Crippen molar-refractivity contribution in [2.45, 2.75) is 116 Å². The third-order valence-electron chi connectivity index (χ3n) is 5.86. The maximum atomic E-state index is 12.9. The summed E-state index contributed by atoms with van der Waals surface area (Å²) in [6.45, 7) is 20.3. The predicted molar refractivity (Wildman–Crippen MR) is 113 cm³/mol. The van der Waals surface area contributed by atoms with E-state index in [0.29, 0.717) is 13.0 Å². The van der Waals surface area contributed by atoms with Crippen LogP contribution < -0.4 is 0 Å². The van der Waals surface area contributed by atoms with Gasteiger partial charge in [0.2, 0.25) is 5.91 Å². The van der Waals surface area contributed by atoms with Gasteiger partial charge in [-0.15, -0.1) is 0 Å². The zero-order valence-electron chi connectivity index (χ0n) is 19.8. The van der Waals surface area contributed by atoms with Crippen molar-refractivity contribution in [1.82, 2.24) is 4.90 Å². The number of carbonyl (C=O) groups is 2. The fourth-order valence-electron chi connectivity index (χ4n) is 3.36. The van der Waals surface area contributed by atoms with Gasteiger partial charge >= 0.3 is 6.09 Å².